The molecule has 0 bridgehead atoms. The highest BCUT2D eigenvalue weighted by molar-refractivity contribution is 5.46. The minimum atomic E-state index is -0.600. The number of hydrogen-bond donors (Lipinski definition) is 0. The van der Waals surface area contributed by atoms with Gasteiger partial charge in [0, 0.05) is 18.7 Å². The summed E-state index contributed by atoms with van der Waals surface area (Å²) in [4.78, 5) is 10.3. The van der Waals surface area contributed by atoms with E-state index < -0.39 is 16.8 Å². The smallest absolute Gasteiger partial charge is 0.311 e. The van der Waals surface area contributed by atoms with Crippen molar-refractivity contribution in [3.8, 4) is 5.75 Å². The van der Waals surface area contributed by atoms with Gasteiger partial charge in [-0.25, -0.2) is 4.39 Å². The Kier molecular flexibility index (Phi) is 3.08. The van der Waals surface area contributed by atoms with Crippen LogP contribution in [0.4, 0.5) is 10.1 Å². The quantitative estimate of drug-likeness (QED) is 0.616. The Bertz CT molecular complexity index is 509. The first kappa shape index (κ1) is 12.3. The van der Waals surface area contributed by atoms with Crippen molar-refractivity contribution >= 4 is 5.69 Å². The minimum absolute atomic E-state index is 0.0300. The number of nitro benzene ring substituents is 1. The van der Waals surface area contributed by atoms with E-state index >= 15 is 0 Å². The van der Waals surface area contributed by atoms with Gasteiger partial charge in [0.2, 0.25) is 0 Å². The molecular formula is C12H12FNO5. The zero-order chi connectivity index (χ0) is 13.4. The number of halogens is 1. The summed E-state index contributed by atoms with van der Waals surface area (Å²) < 4.78 is 29.7. The van der Waals surface area contributed by atoms with Crippen molar-refractivity contribution in [2.75, 3.05) is 13.2 Å². The molecule has 7 heteroatoms. The fourth-order valence-corrected chi connectivity index (χ4v) is 2.43. The summed E-state index contributed by atoms with van der Waals surface area (Å²) in [6, 6.07) is 3.14. The summed E-state index contributed by atoms with van der Waals surface area (Å²) in [5.41, 5.74) is -0.261. The number of fused-ring (bicyclic) bond motifs is 1. The van der Waals surface area contributed by atoms with Crippen LogP contribution in [-0.4, -0.2) is 36.4 Å². The fraction of sp³-hybridized carbons (Fsp3) is 0.500. The van der Waals surface area contributed by atoms with Crippen molar-refractivity contribution in [3.05, 3.63) is 34.1 Å². The first-order valence-corrected chi connectivity index (χ1v) is 5.99. The molecule has 6 nitrogen and oxygen atoms in total. The molecule has 3 rings (SSSR count). The zero-order valence-electron chi connectivity index (χ0n) is 9.95. The monoisotopic (exact) mass is 269 g/mol. The van der Waals surface area contributed by atoms with Crippen LogP contribution in [0.2, 0.25) is 0 Å². The average Bonchev–Trinajstić information content (AvgIpc) is 2.94. The topological polar surface area (TPSA) is 70.8 Å². The van der Waals surface area contributed by atoms with Gasteiger partial charge in [-0.2, -0.15) is 0 Å². The van der Waals surface area contributed by atoms with Crippen molar-refractivity contribution in [2.24, 2.45) is 0 Å². The Morgan fingerprint density at radius 1 is 1.42 bits per heavy atom. The molecule has 0 saturated carbocycles. The molecule has 0 radical (unpaired) electrons. The molecule has 2 fully saturated rings. The van der Waals surface area contributed by atoms with Gasteiger partial charge >= 0.3 is 5.69 Å². The summed E-state index contributed by atoms with van der Waals surface area (Å²) in [6.07, 6.45) is 0.0870. The number of nitro groups is 1. The summed E-state index contributed by atoms with van der Waals surface area (Å²) in [6.45, 7) is 0.878. The van der Waals surface area contributed by atoms with Gasteiger partial charge < -0.3 is 14.2 Å². The highest BCUT2D eigenvalue weighted by Gasteiger charge is 2.43. The molecule has 1 aromatic rings. The second kappa shape index (κ2) is 4.75. The number of nitrogens with zero attached hydrogens (tertiary/aromatic N) is 1. The second-order valence-electron chi connectivity index (χ2n) is 4.52. The number of rotatable bonds is 3. The maximum atomic E-state index is 13.2. The lowest BCUT2D eigenvalue weighted by Gasteiger charge is -2.17. The lowest BCUT2D eigenvalue weighted by molar-refractivity contribution is -0.386. The SMILES string of the molecule is O=[N+]([O-])c1ccc(F)cc1O[C@@H]1CO[C@@H]2CCO[C@@H]21. The standard InChI is InChI=1S/C12H12FNO5/c13-7-1-2-8(14(15)16)10(5-7)19-11-6-18-9-3-4-17-12(9)11/h1-2,5,9,11-12H,3-4,6H2/t9-,11-,12+/m1/s1. The molecule has 2 aliphatic heterocycles. The van der Waals surface area contributed by atoms with Crippen LogP contribution in [0.1, 0.15) is 6.42 Å². The van der Waals surface area contributed by atoms with E-state index in [0.717, 1.165) is 24.6 Å². The molecule has 0 N–H and O–H groups in total. The van der Waals surface area contributed by atoms with Crippen LogP contribution in [-0.2, 0) is 9.47 Å². The van der Waals surface area contributed by atoms with E-state index in [0.29, 0.717) is 13.2 Å². The first-order valence-electron chi connectivity index (χ1n) is 5.99. The molecule has 3 atom stereocenters. The van der Waals surface area contributed by atoms with Crippen LogP contribution in [0.3, 0.4) is 0 Å². The Hall–Kier alpha value is -1.73. The van der Waals surface area contributed by atoms with Gasteiger partial charge in [0.15, 0.2) is 11.9 Å². The normalized spacial score (nSPS) is 29.2. The Morgan fingerprint density at radius 2 is 2.26 bits per heavy atom. The van der Waals surface area contributed by atoms with E-state index in [-0.39, 0.29) is 23.6 Å². The summed E-state index contributed by atoms with van der Waals surface area (Å²) in [5.74, 6) is -0.668. The number of hydrogen-bond acceptors (Lipinski definition) is 5. The van der Waals surface area contributed by atoms with Gasteiger partial charge in [-0.05, 0) is 12.5 Å². The van der Waals surface area contributed by atoms with E-state index in [4.69, 9.17) is 14.2 Å². The van der Waals surface area contributed by atoms with E-state index in [9.17, 15) is 14.5 Å². The van der Waals surface area contributed by atoms with Crippen molar-refractivity contribution in [1.29, 1.82) is 0 Å². The molecule has 19 heavy (non-hydrogen) atoms. The van der Waals surface area contributed by atoms with E-state index in [1.807, 2.05) is 0 Å². The molecule has 102 valence electrons. The van der Waals surface area contributed by atoms with Gasteiger partial charge in [-0.1, -0.05) is 0 Å². The molecule has 1 aromatic carbocycles. The van der Waals surface area contributed by atoms with Crippen LogP contribution in [0.5, 0.6) is 5.75 Å². The molecule has 0 aromatic heterocycles. The fourth-order valence-electron chi connectivity index (χ4n) is 2.43. The van der Waals surface area contributed by atoms with E-state index in [1.165, 1.54) is 0 Å². The average molecular weight is 269 g/mol. The Balaban J connectivity index is 1.83. The molecule has 0 unspecified atom stereocenters. The van der Waals surface area contributed by atoms with Crippen LogP contribution in [0.25, 0.3) is 0 Å². The highest BCUT2D eigenvalue weighted by atomic mass is 19.1. The van der Waals surface area contributed by atoms with Crippen molar-refractivity contribution in [1.82, 2.24) is 0 Å². The first-order chi connectivity index (χ1) is 9.15. The molecule has 0 spiro atoms. The lowest BCUT2D eigenvalue weighted by Crippen LogP contribution is -2.32. The maximum Gasteiger partial charge on any atom is 0.311 e. The van der Waals surface area contributed by atoms with Crippen LogP contribution in [0, 0.1) is 15.9 Å². The van der Waals surface area contributed by atoms with Gasteiger partial charge in [0.25, 0.3) is 0 Å². The van der Waals surface area contributed by atoms with Crippen LogP contribution in [0.15, 0.2) is 18.2 Å². The number of benzene rings is 1. The maximum absolute atomic E-state index is 13.2. The third-order valence-corrected chi connectivity index (χ3v) is 3.32. The predicted molar refractivity (Wildman–Crippen MR) is 61.6 cm³/mol. The van der Waals surface area contributed by atoms with E-state index in [1.54, 1.807) is 0 Å². The van der Waals surface area contributed by atoms with Gasteiger partial charge in [0.1, 0.15) is 11.9 Å². The van der Waals surface area contributed by atoms with Gasteiger partial charge in [0.05, 0.1) is 17.6 Å². The van der Waals surface area contributed by atoms with E-state index in [2.05, 4.69) is 0 Å². The van der Waals surface area contributed by atoms with Crippen molar-refractivity contribution < 1.29 is 23.5 Å². The third kappa shape index (κ3) is 2.26. The van der Waals surface area contributed by atoms with Crippen molar-refractivity contribution in [3.63, 3.8) is 0 Å². The second-order valence-corrected chi connectivity index (χ2v) is 4.52. The van der Waals surface area contributed by atoms with Crippen LogP contribution >= 0.6 is 0 Å². The summed E-state index contributed by atoms with van der Waals surface area (Å²) >= 11 is 0. The molecular weight excluding hydrogens is 257 g/mol. The predicted octanol–water partition coefficient (Wildman–Crippen LogP) is 1.67. The Morgan fingerprint density at radius 3 is 3.05 bits per heavy atom. The third-order valence-electron chi connectivity index (χ3n) is 3.32. The molecule has 2 heterocycles. The lowest BCUT2D eigenvalue weighted by atomic mass is 10.1. The highest BCUT2D eigenvalue weighted by Crippen LogP contribution is 2.33. The van der Waals surface area contributed by atoms with Gasteiger partial charge in [-0.3, -0.25) is 10.1 Å². The van der Waals surface area contributed by atoms with Gasteiger partial charge in [-0.15, -0.1) is 0 Å². The largest absolute Gasteiger partial charge is 0.478 e. The molecule has 0 amide bonds. The molecule has 2 saturated heterocycles. The summed E-state index contributed by atoms with van der Waals surface area (Å²) in [5, 5.41) is 10.9. The molecule has 2 aliphatic rings. The molecule has 0 aliphatic carbocycles. The Labute approximate surface area is 108 Å². The minimum Gasteiger partial charge on any atom is -0.478 e. The zero-order valence-corrected chi connectivity index (χ0v) is 9.95. The van der Waals surface area contributed by atoms with Crippen molar-refractivity contribution in [2.45, 2.75) is 24.7 Å². The summed E-state index contributed by atoms with van der Waals surface area (Å²) in [7, 11) is 0. The number of ether oxygens (including phenoxy) is 3. The van der Waals surface area contributed by atoms with Crippen LogP contribution < -0.4 is 4.74 Å².